The fraction of sp³-hybridized carbons (Fsp3) is 0.182. The minimum atomic E-state index is -0.285. The van der Waals surface area contributed by atoms with Gasteiger partial charge in [0.2, 0.25) is 0 Å². The van der Waals surface area contributed by atoms with Crippen LogP contribution in [0, 0.1) is 5.82 Å². The highest BCUT2D eigenvalue weighted by Crippen LogP contribution is 2.26. The Morgan fingerprint density at radius 3 is 2.69 bits per heavy atom. The smallest absolute Gasteiger partial charge is 0.143 e. The Balaban J connectivity index is 2.61. The molecule has 1 heterocycles. The fourth-order valence-corrected chi connectivity index (χ4v) is 1.97. The van der Waals surface area contributed by atoms with Crippen LogP contribution in [0.1, 0.15) is 5.69 Å². The quantitative estimate of drug-likeness (QED) is 0.920. The maximum Gasteiger partial charge on any atom is 0.143 e. The third kappa shape index (κ3) is 1.76. The first-order valence-electron chi connectivity index (χ1n) is 4.81. The molecule has 0 atom stereocenters. The highest BCUT2D eigenvalue weighted by atomic mass is 79.9. The zero-order valence-corrected chi connectivity index (χ0v) is 10.3. The van der Waals surface area contributed by atoms with Gasteiger partial charge in [0.25, 0.3) is 0 Å². The van der Waals surface area contributed by atoms with Gasteiger partial charge < -0.3 is 10.3 Å². The molecule has 0 radical (unpaired) electrons. The second-order valence-electron chi connectivity index (χ2n) is 3.42. The van der Waals surface area contributed by atoms with E-state index >= 15 is 0 Å². The van der Waals surface area contributed by atoms with Crippen LogP contribution in [0.3, 0.4) is 0 Å². The van der Waals surface area contributed by atoms with Gasteiger partial charge in [-0.25, -0.2) is 9.37 Å². The lowest BCUT2D eigenvalue weighted by Crippen LogP contribution is -1.97. The minimum absolute atomic E-state index is 0.285. The summed E-state index contributed by atoms with van der Waals surface area (Å²) in [4.78, 5) is 4.31. The van der Waals surface area contributed by atoms with Gasteiger partial charge >= 0.3 is 0 Å². The fourth-order valence-electron chi connectivity index (χ4n) is 1.55. The third-order valence-corrected chi connectivity index (χ3v) is 3.39. The second kappa shape index (κ2) is 4.35. The van der Waals surface area contributed by atoms with E-state index in [-0.39, 0.29) is 5.82 Å². The monoisotopic (exact) mass is 283 g/mol. The number of hydrogen-bond acceptors (Lipinski definition) is 2. The first-order chi connectivity index (χ1) is 7.65. The van der Waals surface area contributed by atoms with Crippen molar-refractivity contribution in [3.63, 3.8) is 0 Å². The number of nitrogens with zero attached hydrogens (tertiary/aromatic N) is 2. The lowest BCUT2D eigenvalue weighted by molar-refractivity contribution is 0.628. The predicted octanol–water partition coefficient (Wildman–Crippen LogP) is 2.45. The average Bonchev–Trinajstić information content (AvgIpc) is 2.57. The van der Waals surface area contributed by atoms with E-state index in [9.17, 15) is 4.39 Å². The van der Waals surface area contributed by atoms with Gasteiger partial charge in [0, 0.05) is 13.6 Å². The highest BCUT2D eigenvalue weighted by Gasteiger charge is 2.15. The Morgan fingerprint density at radius 2 is 2.12 bits per heavy atom. The van der Waals surface area contributed by atoms with Crippen molar-refractivity contribution < 1.29 is 4.39 Å². The van der Waals surface area contributed by atoms with E-state index < -0.39 is 0 Å². The van der Waals surface area contributed by atoms with E-state index in [2.05, 4.69) is 20.9 Å². The van der Waals surface area contributed by atoms with Crippen LogP contribution < -0.4 is 5.73 Å². The van der Waals surface area contributed by atoms with Crippen LogP contribution in [-0.2, 0) is 13.6 Å². The Morgan fingerprint density at radius 1 is 1.44 bits per heavy atom. The molecule has 3 nitrogen and oxygen atoms in total. The lowest BCUT2D eigenvalue weighted by atomic mass is 10.2. The van der Waals surface area contributed by atoms with E-state index in [1.165, 1.54) is 6.07 Å². The van der Waals surface area contributed by atoms with Crippen molar-refractivity contribution in [1.29, 1.82) is 0 Å². The Labute approximate surface area is 101 Å². The molecule has 0 aliphatic rings. The molecule has 1 aromatic carbocycles. The van der Waals surface area contributed by atoms with Crippen LogP contribution in [0.5, 0.6) is 0 Å². The molecule has 0 aliphatic carbocycles. The zero-order chi connectivity index (χ0) is 11.7. The Hall–Kier alpha value is -1.20. The third-order valence-electron chi connectivity index (χ3n) is 2.40. The molecular weight excluding hydrogens is 273 g/mol. The normalized spacial score (nSPS) is 10.8. The summed E-state index contributed by atoms with van der Waals surface area (Å²) in [7, 11) is 1.82. The van der Waals surface area contributed by atoms with E-state index in [1.807, 2.05) is 7.05 Å². The molecule has 0 spiro atoms. The summed E-state index contributed by atoms with van der Waals surface area (Å²) in [6.45, 7) is 0.322. The molecule has 0 amide bonds. The van der Waals surface area contributed by atoms with Crippen LogP contribution in [0.4, 0.5) is 4.39 Å². The molecule has 2 rings (SSSR count). The summed E-state index contributed by atoms with van der Waals surface area (Å²) in [6, 6.07) is 6.55. The van der Waals surface area contributed by atoms with Crippen LogP contribution in [0.15, 0.2) is 28.9 Å². The number of nitrogens with two attached hydrogens (primary N) is 1. The molecule has 2 aromatic rings. The van der Waals surface area contributed by atoms with Gasteiger partial charge in [0.05, 0.1) is 11.3 Å². The summed E-state index contributed by atoms with van der Waals surface area (Å²) in [5.41, 5.74) is 6.75. The minimum Gasteiger partial charge on any atom is -0.325 e. The molecule has 2 N–H and O–H groups in total. The van der Waals surface area contributed by atoms with Crippen molar-refractivity contribution in [2.45, 2.75) is 6.54 Å². The maximum atomic E-state index is 13.6. The molecule has 0 saturated heterocycles. The maximum absolute atomic E-state index is 13.6. The lowest BCUT2D eigenvalue weighted by Gasteiger charge is -2.03. The molecule has 84 valence electrons. The second-order valence-corrected chi connectivity index (χ2v) is 4.17. The SMILES string of the molecule is Cn1c(-c2ccccc2F)nc(CN)c1Br. The van der Waals surface area contributed by atoms with Gasteiger partial charge in [0.1, 0.15) is 16.2 Å². The summed E-state index contributed by atoms with van der Waals surface area (Å²) in [6.07, 6.45) is 0. The van der Waals surface area contributed by atoms with Crippen molar-refractivity contribution in [2.24, 2.45) is 12.8 Å². The van der Waals surface area contributed by atoms with Crippen molar-refractivity contribution >= 4 is 15.9 Å². The number of benzene rings is 1. The van der Waals surface area contributed by atoms with Crippen molar-refractivity contribution in [3.8, 4) is 11.4 Å². The van der Waals surface area contributed by atoms with Crippen molar-refractivity contribution in [3.05, 3.63) is 40.4 Å². The van der Waals surface area contributed by atoms with Gasteiger partial charge in [-0.15, -0.1) is 0 Å². The van der Waals surface area contributed by atoms with Gasteiger partial charge in [-0.2, -0.15) is 0 Å². The summed E-state index contributed by atoms with van der Waals surface area (Å²) >= 11 is 3.38. The van der Waals surface area contributed by atoms with Crippen LogP contribution in [-0.4, -0.2) is 9.55 Å². The number of aromatic nitrogens is 2. The van der Waals surface area contributed by atoms with Crippen LogP contribution in [0.2, 0.25) is 0 Å². The standard InChI is InChI=1S/C11H11BrFN3/c1-16-10(12)9(6-14)15-11(16)7-4-2-3-5-8(7)13/h2-5H,6,14H2,1H3. The molecule has 0 aliphatic heterocycles. The van der Waals surface area contributed by atoms with E-state index in [0.29, 0.717) is 17.9 Å². The average molecular weight is 284 g/mol. The van der Waals surface area contributed by atoms with Gasteiger partial charge in [-0.3, -0.25) is 0 Å². The molecule has 0 saturated carbocycles. The molecule has 16 heavy (non-hydrogen) atoms. The topological polar surface area (TPSA) is 43.8 Å². The number of rotatable bonds is 2. The van der Waals surface area contributed by atoms with Gasteiger partial charge in [0.15, 0.2) is 0 Å². The Bertz CT molecular complexity index is 522. The Kier molecular flexibility index (Phi) is 3.07. The predicted molar refractivity (Wildman–Crippen MR) is 64.2 cm³/mol. The van der Waals surface area contributed by atoms with Gasteiger partial charge in [-0.05, 0) is 28.1 Å². The van der Waals surface area contributed by atoms with Crippen molar-refractivity contribution in [2.75, 3.05) is 0 Å². The molecular formula is C11H11BrFN3. The molecule has 0 fully saturated rings. The van der Waals surface area contributed by atoms with E-state index in [0.717, 1.165) is 10.3 Å². The number of halogens is 2. The van der Waals surface area contributed by atoms with E-state index in [4.69, 9.17) is 5.73 Å². The molecule has 5 heteroatoms. The number of imidazole rings is 1. The molecule has 0 unspecified atom stereocenters. The highest BCUT2D eigenvalue weighted by molar-refractivity contribution is 9.10. The van der Waals surface area contributed by atoms with Crippen LogP contribution in [0.25, 0.3) is 11.4 Å². The van der Waals surface area contributed by atoms with Crippen molar-refractivity contribution in [1.82, 2.24) is 9.55 Å². The first kappa shape index (κ1) is 11.3. The zero-order valence-electron chi connectivity index (χ0n) is 8.74. The van der Waals surface area contributed by atoms with E-state index in [1.54, 1.807) is 22.8 Å². The number of hydrogen-bond donors (Lipinski definition) is 1. The summed E-state index contributed by atoms with van der Waals surface area (Å²) in [5, 5.41) is 0. The molecule has 0 bridgehead atoms. The first-order valence-corrected chi connectivity index (χ1v) is 5.60. The van der Waals surface area contributed by atoms with Gasteiger partial charge in [-0.1, -0.05) is 12.1 Å². The summed E-state index contributed by atoms with van der Waals surface area (Å²) in [5.74, 6) is 0.289. The molecule has 1 aromatic heterocycles. The summed E-state index contributed by atoms with van der Waals surface area (Å²) < 4.78 is 16.2. The van der Waals surface area contributed by atoms with Crippen LogP contribution >= 0.6 is 15.9 Å². The largest absolute Gasteiger partial charge is 0.325 e.